The first kappa shape index (κ1) is 5.25. The lowest BCUT2D eigenvalue weighted by Crippen LogP contribution is -2.25. The zero-order chi connectivity index (χ0) is 5.49. The predicted octanol–water partition coefficient (Wildman–Crippen LogP) is -0.331. The van der Waals surface area contributed by atoms with Crippen molar-refractivity contribution in [3.8, 4) is 0 Å². The van der Waals surface area contributed by atoms with Crippen molar-refractivity contribution < 1.29 is 4.21 Å². The summed E-state index contributed by atoms with van der Waals surface area (Å²) in [7, 11) is -2.13. The Kier molecular flexibility index (Phi) is 0.970. The van der Waals surface area contributed by atoms with E-state index in [1.807, 2.05) is 0 Å². The summed E-state index contributed by atoms with van der Waals surface area (Å²) in [6.07, 6.45) is 3.83. The maximum Gasteiger partial charge on any atom is 0.0237 e. The lowest BCUT2D eigenvalue weighted by Gasteiger charge is -2.07. The third-order valence-electron chi connectivity index (χ3n) is 1.27. The average molecular weight is 121 g/mol. The molecule has 0 spiro atoms. The molecule has 3 heteroatoms. The van der Waals surface area contributed by atoms with Gasteiger partial charge in [0.25, 0.3) is 0 Å². The molecule has 0 aromatic heterocycles. The smallest absolute Gasteiger partial charge is 0.0237 e. The normalized spacial score (nSPS) is 24.9. The molecule has 0 heterocycles. The first-order valence-electron chi connectivity index (χ1n) is 2.46. The van der Waals surface area contributed by atoms with E-state index in [1.165, 1.54) is 0 Å². The standard InChI is InChI=1S/C4H11NOS/c1-7(5,6)4-2-3-4/h4,7H,2-3H2,1H3,(H2,5,6). The first-order valence-corrected chi connectivity index (χ1v) is 4.76. The molecule has 0 unspecified atom stereocenters. The van der Waals surface area contributed by atoms with Crippen LogP contribution in [0.5, 0.6) is 0 Å². The largest absolute Gasteiger partial charge is 0.274 e. The van der Waals surface area contributed by atoms with E-state index in [2.05, 4.69) is 0 Å². The van der Waals surface area contributed by atoms with Crippen molar-refractivity contribution in [3.05, 3.63) is 0 Å². The molecular weight excluding hydrogens is 110 g/mol. The van der Waals surface area contributed by atoms with Crippen LogP contribution in [0.3, 0.4) is 0 Å². The molecule has 0 saturated heterocycles. The summed E-state index contributed by atoms with van der Waals surface area (Å²) in [6, 6.07) is 0. The molecule has 1 fully saturated rings. The highest BCUT2D eigenvalue weighted by Gasteiger charge is 2.29. The van der Waals surface area contributed by atoms with Gasteiger partial charge in [0.1, 0.15) is 0 Å². The van der Waals surface area contributed by atoms with Gasteiger partial charge >= 0.3 is 0 Å². The van der Waals surface area contributed by atoms with Crippen LogP contribution in [0, 0.1) is 0 Å². The Morgan fingerprint density at radius 1 is 1.71 bits per heavy atom. The molecule has 2 N–H and O–H groups in total. The van der Waals surface area contributed by atoms with E-state index < -0.39 is 10.1 Å². The fourth-order valence-corrected chi connectivity index (χ4v) is 1.76. The maximum absolute atomic E-state index is 10.8. The topological polar surface area (TPSA) is 43.1 Å². The third kappa shape index (κ3) is 1.24. The van der Waals surface area contributed by atoms with Gasteiger partial charge in [-0.1, -0.05) is 10.1 Å². The van der Waals surface area contributed by atoms with Crippen molar-refractivity contribution in [1.82, 2.24) is 0 Å². The number of hydrogen-bond donors (Lipinski definition) is 2. The van der Waals surface area contributed by atoms with E-state index in [1.54, 1.807) is 6.26 Å². The highest BCUT2D eigenvalue weighted by atomic mass is 32.3. The van der Waals surface area contributed by atoms with Crippen LogP contribution in [0.15, 0.2) is 0 Å². The molecule has 1 rings (SSSR count). The van der Waals surface area contributed by atoms with E-state index in [4.69, 9.17) is 5.14 Å². The van der Waals surface area contributed by atoms with Crippen LogP contribution >= 0.6 is 0 Å². The van der Waals surface area contributed by atoms with Gasteiger partial charge in [0.05, 0.1) is 0 Å². The quantitative estimate of drug-likeness (QED) is 0.458. The lowest BCUT2D eigenvalue weighted by atomic mass is 11.0. The minimum atomic E-state index is -2.13. The molecule has 7 heavy (non-hydrogen) atoms. The second-order valence-corrected chi connectivity index (χ2v) is 5.14. The van der Waals surface area contributed by atoms with Gasteiger partial charge in [-0.2, -0.15) is 0 Å². The SMILES string of the molecule is C[SH](N)(=O)C1CC1. The fourth-order valence-electron chi connectivity index (χ4n) is 0.587. The number of rotatable bonds is 1. The fraction of sp³-hybridized carbons (Fsp3) is 1.00. The van der Waals surface area contributed by atoms with Crippen LogP contribution in [0.1, 0.15) is 12.8 Å². The van der Waals surface area contributed by atoms with E-state index >= 15 is 0 Å². The van der Waals surface area contributed by atoms with Crippen molar-refractivity contribution >= 4 is 10.1 Å². The van der Waals surface area contributed by atoms with Crippen molar-refractivity contribution in [2.75, 3.05) is 6.26 Å². The molecule has 1 aliphatic carbocycles. The van der Waals surface area contributed by atoms with Gasteiger partial charge in [0.2, 0.25) is 0 Å². The highest BCUT2D eigenvalue weighted by Crippen LogP contribution is 2.28. The summed E-state index contributed by atoms with van der Waals surface area (Å²) < 4.78 is 10.8. The molecule has 44 valence electrons. The minimum Gasteiger partial charge on any atom is -0.274 e. The van der Waals surface area contributed by atoms with E-state index in [0.29, 0.717) is 5.25 Å². The molecule has 1 saturated carbocycles. The van der Waals surface area contributed by atoms with Crippen LogP contribution in [0.4, 0.5) is 0 Å². The van der Waals surface area contributed by atoms with Crippen LogP contribution in [-0.2, 0) is 10.1 Å². The molecule has 0 amide bonds. The number of thiol groups is 1. The molecule has 0 atom stereocenters. The molecular formula is C4H11NOS. The summed E-state index contributed by atoms with van der Waals surface area (Å²) in [5, 5.41) is 5.68. The lowest BCUT2D eigenvalue weighted by molar-refractivity contribution is 0.674. The van der Waals surface area contributed by atoms with Gasteiger partial charge in [0, 0.05) is 11.5 Å². The van der Waals surface area contributed by atoms with Crippen molar-refractivity contribution in [3.63, 3.8) is 0 Å². The Morgan fingerprint density at radius 2 is 2.14 bits per heavy atom. The predicted molar refractivity (Wildman–Crippen MR) is 32.7 cm³/mol. The second kappa shape index (κ2) is 1.29. The Labute approximate surface area is 44.6 Å². The van der Waals surface area contributed by atoms with Crippen LogP contribution < -0.4 is 5.14 Å². The van der Waals surface area contributed by atoms with Gasteiger partial charge in [-0.05, 0) is 12.8 Å². The highest BCUT2D eigenvalue weighted by molar-refractivity contribution is 8.01. The molecule has 0 radical (unpaired) electrons. The third-order valence-corrected chi connectivity index (χ3v) is 3.24. The van der Waals surface area contributed by atoms with Gasteiger partial charge in [-0.15, -0.1) is 0 Å². The number of hydrogen-bond acceptors (Lipinski definition) is 1. The molecule has 0 aliphatic heterocycles. The summed E-state index contributed by atoms with van der Waals surface area (Å²) in [5.41, 5.74) is 0. The Morgan fingerprint density at radius 3 is 2.14 bits per heavy atom. The van der Waals surface area contributed by atoms with E-state index in [-0.39, 0.29) is 0 Å². The molecule has 2 nitrogen and oxygen atoms in total. The van der Waals surface area contributed by atoms with Crippen molar-refractivity contribution in [1.29, 1.82) is 0 Å². The Hall–Kier alpha value is 0.110. The van der Waals surface area contributed by atoms with Crippen LogP contribution in [0.2, 0.25) is 0 Å². The van der Waals surface area contributed by atoms with Crippen molar-refractivity contribution in [2.45, 2.75) is 18.1 Å². The molecule has 0 aromatic carbocycles. The van der Waals surface area contributed by atoms with Gasteiger partial charge in [-0.25, -0.2) is 0 Å². The summed E-state index contributed by atoms with van der Waals surface area (Å²) >= 11 is 0. The summed E-state index contributed by atoms with van der Waals surface area (Å²) in [5.74, 6) is 0. The van der Waals surface area contributed by atoms with Crippen LogP contribution in [0.25, 0.3) is 0 Å². The molecule has 0 bridgehead atoms. The van der Waals surface area contributed by atoms with Crippen LogP contribution in [-0.4, -0.2) is 15.7 Å². The summed E-state index contributed by atoms with van der Waals surface area (Å²) in [4.78, 5) is 0. The summed E-state index contributed by atoms with van der Waals surface area (Å²) in [6.45, 7) is 0. The van der Waals surface area contributed by atoms with Gasteiger partial charge in [-0.3, -0.25) is 9.35 Å². The Balaban J connectivity index is 2.52. The Bertz CT molecular complexity index is 113. The molecule has 0 aromatic rings. The second-order valence-electron chi connectivity index (χ2n) is 2.29. The van der Waals surface area contributed by atoms with E-state index in [0.717, 1.165) is 12.8 Å². The monoisotopic (exact) mass is 121 g/mol. The van der Waals surface area contributed by atoms with Gasteiger partial charge < -0.3 is 0 Å². The van der Waals surface area contributed by atoms with E-state index in [9.17, 15) is 4.21 Å². The maximum atomic E-state index is 10.8. The van der Waals surface area contributed by atoms with Crippen molar-refractivity contribution in [2.24, 2.45) is 5.14 Å². The minimum absolute atomic E-state index is 0.382. The zero-order valence-corrected chi connectivity index (χ0v) is 5.32. The first-order chi connectivity index (χ1) is 3.11. The zero-order valence-electron chi connectivity index (χ0n) is 4.42. The van der Waals surface area contributed by atoms with Gasteiger partial charge in [0.15, 0.2) is 0 Å². The molecule has 1 aliphatic rings. The number of nitrogens with two attached hydrogens (primary N) is 1. The average Bonchev–Trinajstić information content (AvgIpc) is 1.99.